The van der Waals surface area contributed by atoms with E-state index in [1.165, 1.54) is 11.8 Å². The molecule has 0 aromatic heterocycles. The van der Waals surface area contributed by atoms with Gasteiger partial charge in [0.05, 0.1) is 0 Å². The number of hydrogen-bond acceptors (Lipinski definition) is 2. The summed E-state index contributed by atoms with van der Waals surface area (Å²) in [6, 6.07) is 5.81. The summed E-state index contributed by atoms with van der Waals surface area (Å²) in [6.45, 7) is 4.32. The molecule has 2 N–H and O–H groups in total. The average Bonchev–Trinajstić information content (AvgIpc) is 2.25. The van der Waals surface area contributed by atoms with Crippen LogP contribution in [0, 0.1) is 11.2 Å². The van der Waals surface area contributed by atoms with E-state index in [-0.39, 0.29) is 17.3 Å². The molecule has 0 radical (unpaired) electrons. The largest absolute Gasteiger partial charge is 0.327 e. The zero-order chi connectivity index (χ0) is 11.9. The summed E-state index contributed by atoms with van der Waals surface area (Å²) >= 11 is 1.44. The van der Waals surface area contributed by atoms with Crippen molar-refractivity contribution < 1.29 is 4.39 Å². The molecule has 0 aliphatic heterocycles. The normalized spacial score (nSPS) is 27.6. The van der Waals surface area contributed by atoms with E-state index in [9.17, 15) is 4.39 Å². The maximum Gasteiger partial charge on any atom is 0.137 e. The van der Waals surface area contributed by atoms with Crippen molar-refractivity contribution in [3.63, 3.8) is 0 Å². The minimum atomic E-state index is -0.110. The fourth-order valence-electron chi connectivity index (χ4n) is 2.42. The summed E-state index contributed by atoms with van der Waals surface area (Å²) < 4.78 is 13.7. The molecule has 0 bridgehead atoms. The van der Waals surface area contributed by atoms with Crippen LogP contribution in [0.2, 0.25) is 0 Å². The van der Waals surface area contributed by atoms with Gasteiger partial charge in [-0.15, -0.1) is 11.8 Å². The number of nitrogens with two attached hydrogens (primary N) is 1. The Bertz CT molecular complexity index is 403. The lowest BCUT2D eigenvalue weighted by Crippen LogP contribution is -2.52. The molecule has 0 spiro atoms. The van der Waals surface area contributed by atoms with Gasteiger partial charge >= 0.3 is 0 Å². The Morgan fingerprint density at radius 3 is 2.56 bits per heavy atom. The topological polar surface area (TPSA) is 26.0 Å². The predicted molar refractivity (Wildman–Crippen MR) is 67.3 cm³/mol. The van der Waals surface area contributed by atoms with Crippen molar-refractivity contribution in [2.75, 3.05) is 6.26 Å². The third-order valence-electron chi connectivity index (χ3n) is 3.92. The van der Waals surface area contributed by atoms with Crippen molar-refractivity contribution in [1.29, 1.82) is 0 Å². The molecule has 1 aromatic rings. The van der Waals surface area contributed by atoms with E-state index >= 15 is 0 Å². The van der Waals surface area contributed by atoms with Crippen LogP contribution in [-0.2, 0) is 0 Å². The van der Waals surface area contributed by atoms with Crippen molar-refractivity contribution in [2.45, 2.75) is 37.1 Å². The van der Waals surface area contributed by atoms with Crippen LogP contribution in [0.25, 0.3) is 0 Å². The number of benzene rings is 1. The minimum absolute atomic E-state index is 0.0906. The Labute approximate surface area is 101 Å². The van der Waals surface area contributed by atoms with Gasteiger partial charge in [-0.05, 0) is 41.7 Å². The van der Waals surface area contributed by atoms with E-state index in [1.807, 2.05) is 18.4 Å². The van der Waals surface area contributed by atoms with Crippen molar-refractivity contribution in [3.05, 3.63) is 29.6 Å². The second-order valence-corrected chi connectivity index (χ2v) is 5.96. The zero-order valence-corrected chi connectivity index (χ0v) is 10.8. The van der Waals surface area contributed by atoms with Gasteiger partial charge in [-0.1, -0.05) is 19.9 Å². The van der Waals surface area contributed by atoms with Crippen LogP contribution in [-0.4, -0.2) is 12.3 Å². The van der Waals surface area contributed by atoms with Crippen molar-refractivity contribution in [3.8, 4) is 0 Å². The van der Waals surface area contributed by atoms with Gasteiger partial charge < -0.3 is 5.73 Å². The second-order valence-electron chi connectivity index (χ2n) is 5.11. The first-order chi connectivity index (χ1) is 7.46. The van der Waals surface area contributed by atoms with Crippen LogP contribution in [0.1, 0.15) is 31.7 Å². The first-order valence-corrected chi connectivity index (χ1v) is 6.78. The lowest BCUT2D eigenvalue weighted by atomic mass is 9.57. The monoisotopic (exact) mass is 239 g/mol. The molecule has 2 atom stereocenters. The molecule has 1 aliphatic rings. The standard InChI is InChI=1S/C13H18FNS/c1-13(2)9(7-12(13)15)8-4-5-11(16-3)10(14)6-8/h4-6,9,12H,7,15H2,1-3H3. The van der Waals surface area contributed by atoms with Crippen LogP contribution in [0.15, 0.2) is 23.1 Å². The summed E-state index contributed by atoms with van der Waals surface area (Å²) in [7, 11) is 0. The minimum Gasteiger partial charge on any atom is -0.327 e. The van der Waals surface area contributed by atoms with E-state index in [4.69, 9.17) is 5.73 Å². The molecule has 16 heavy (non-hydrogen) atoms. The molecule has 1 nitrogen and oxygen atoms in total. The molecule has 0 heterocycles. The van der Waals surface area contributed by atoms with Crippen molar-refractivity contribution >= 4 is 11.8 Å². The van der Waals surface area contributed by atoms with Gasteiger partial charge in [-0.2, -0.15) is 0 Å². The third-order valence-corrected chi connectivity index (χ3v) is 4.69. The number of hydrogen-bond donors (Lipinski definition) is 1. The summed E-state index contributed by atoms with van der Waals surface area (Å²) in [6.07, 6.45) is 2.85. The van der Waals surface area contributed by atoms with Gasteiger partial charge in [0.1, 0.15) is 5.82 Å². The number of halogens is 1. The quantitative estimate of drug-likeness (QED) is 0.801. The van der Waals surface area contributed by atoms with Gasteiger partial charge in [0, 0.05) is 10.9 Å². The Hall–Kier alpha value is -0.540. The number of rotatable bonds is 2. The summed E-state index contributed by atoms with van der Waals surface area (Å²) in [5.74, 6) is 0.286. The van der Waals surface area contributed by atoms with Crippen LogP contribution >= 0.6 is 11.8 Å². The molecular formula is C13H18FNS. The molecular weight excluding hydrogens is 221 g/mol. The maximum absolute atomic E-state index is 13.7. The van der Waals surface area contributed by atoms with Gasteiger partial charge in [0.2, 0.25) is 0 Å². The molecule has 1 fully saturated rings. The first kappa shape index (κ1) is 11.9. The maximum atomic E-state index is 13.7. The SMILES string of the molecule is CSc1ccc(C2CC(N)C2(C)C)cc1F. The van der Waals surface area contributed by atoms with Gasteiger partial charge in [-0.3, -0.25) is 0 Å². The van der Waals surface area contributed by atoms with E-state index < -0.39 is 0 Å². The molecule has 88 valence electrons. The Kier molecular flexibility index (Phi) is 3.01. The average molecular weight is 239 g/mol. The van der Waals surface area contributed by atoms with Crippen LogP contribution in [0.5, 0.6) is 0 Å². The lowest BCUT2D eigenvalue weighted by Gasteiger charge is -2.50. The van der Waals surface area contributed by atoms with E-state index in [0.717, 1.165) is 12.0 Å². The Morgan fingerprint density at radius 2 is 2.12 bits per heavy atom. The van der Waals surface area contributed by atoms with Crippen LogP contribution in [0.3, 0.4) is 0 Å². The summed E-state index contributed by atoms with van der Waals surface area (Å²) in [5.41, 5.74) is 7.16. The molecule has 2 rings (SSSR count). The van der Waals surface area contributed by atoms with Gasteiger partial charge in [-0.25, -0.2) is 4.39 Å². The first-order valence-electron chi connectivity index (χ1n) is 5.56. The van der Waals surface area contributed by atoms with E-state index in [2.05, 4.69) is 13.8 Å². The highest BCUT2D eigenvalue weighted by Gasteiger charge is 2.46. The highest BCUT2D eigenvalue weighted by Crippen LogP contribution is 2.51. The Balaban J connectivity index is 2.27. The Morgan fingerprint density at radius 1 is 1.44 bits per heavy atom. The van der Waals surface area contributed by atoms with E-state index in [1.54, 1.807) is 6.07 Å². The van der Waals surface area contributed by atoms with Gasteiger partial charge in [0.25, 0.3) is 0 Å². The van der Waals surface area contributed by atoms with Gasteiger partial charge in [0.15, 0.2) is 0 Å². The molecule has 1 aromatic carbocycles. The fourth-order valence-corrected chi connectivity index (χ4v) is 2.88. The molecule has 1 saturated carbocycles. The molecule has 3 heteroatoms. The van der Waals surface area contributed by atoms with Crippen LogP contribution in [0.4, 0.5) is 4.39 Å². The zero-order valence-electron chi connectivity index (χ0n) is 9.96. The van der Waals surface area contributed by atoms with E-state index in [0.29, 0.717) is 10.8 Å². The molecule has 0 saturated heterocycles. The second kappa shape index (κ2) is 4.04. The molecule has 1 aliphatic carbocycles. The smallest absolute Gasteiger partial charge is 0.137 e. The van der Waals surface area contributed by atoms with Crippen LogP contribution < -0.4 is 5.73 Å². The fraction of sp³-hybridized carbons (Fsp3) is 0.538. The molecule has 2 unspecified atom stereocenters. The summed E-state index contributed by atoms with van der Waals surface area (Å²) in [4.78, 5) is 0.713. The predicted octanol–water partition coefficient (Wildman–Crippen LogP) is 3.39. The number of thioether (sulfide) groups is 1. The lowest BCUT2D eigenvalue weighted by molar-refractivity contribution is 0.0981. The summed E-state index contributed by atoms with van der Waals surface area (Å²) in [5, 5.41) is 0. The highest BCUT2D eigenvalue weighted by atomic mass is 32.2. The molecule has 0 amide bonds. The van der Waals surface area contributed by atoms with Crippen molar-refractivity contribution in [1.82, 2.24) is 0 Å². The highest BCUT2D eigenvalue weighted by molar-refractivity contribution is 7.98. The third kappa shape index (κ3) is 1.76. The van der Waals surface area contributed by atoms with Crippen molar-refractivity contribution in [2.24, 2.45) is 11.1 Å².